The molecule has 3 nitrogen and oxygen atoms in total. The van der Waals surface area contributed by atoms with Crippen LogP contribution < -0.4 is 4.74 Å². The molecule has 0 aliphatic rings. The molecule has 0 spiro atoms. The van der Waals surface area contributed by atoms with Crippen LogP contribution in [0.2, 0.25) is 0 Å². The summed E-state index contributed by atoms with van der Waals surface area (Å²) >= 11 is 6.17. The lowest BCUT2D eigenvalue weighted by molar-refractivity contribution is 0.0986. The Morgan fingerprint density at radius 3 is 2.55 bits per heavy atom. The van der Waals surface area contributed by atoms with Crippen LogP contribution in [0.5, 0.6) is 11.5 Å². The number of phenols is 1. The summed E-state index contributed by atoms with van der Waals surface area (Å²) in [5.74, 6) is 0.245. The summed E-state index contributed by atoms with van der Waals surface area (Å²) in [5.41, 5.74) is 1.16. The third-order valence-electron chi connectivity index (χ3n) is 3.04. The van der Waals surface area contributed by atoms with Crippen LogP contribution in [-0.2, 0) is 6.42 Å². The van der Waals surface area contributed by atoms with E-state index in [-0.39, 0.29) is 18.0 Å². The number of carbonyl (C=O) groups is 1. The molecule has 2 aromatic rings. The molecule has 0 bridgehead atoms. The second kappa shape index (κ2) is 6.44. The summed E-state index contributed by atoms with van der Waals surface area (Å²) in [6.07, 6.45) is 0.248. The van der Waals surface area contributed by atoms with Gasteiger partial charge in [-0.25, -0.2) is 0 Å². The number of hydrogen-bond acceptors (Lipinski definition) is 3. The maximum absolute atomic E-state index is 12.2. The van der Waals surface area contributed by atoms with Crippen molar-refractivity contribution in [3.8, 4) is 11.5 Å². The zero-order valence-corrected chi connectivity index (χ0v) is 11.8. The van der Waals surface area contributed by atoms with Gasteiger partial charge in [0.15, 0.2) is 17.3 Å². The molecule has 0 radical (unpaired) electrons. The van der Waals surface area contributed by atoms with Crippen molar-refractivity contribution in [1.29, 1.82) is 0 Å². The first kappa shape index (κ1) is 14.4. The second-order valence-corrected chi connectivity index (χ2v) is 4.90. The first-order chi connectivity index (χ1) is 9.63. The van der Waals surface area contributed by atoms with E-state index >= 15 is 0 Å². The van der Waals surface area contributed by atoms with Gasteiger partial charge >= 0.3 is 0 Å². The number of ether oxygens (including phenoxy) is 1. The minimum atomic E-state index is -0.726. The largest absolute Gasteiger partial charge is 0.504 e. The average Bonchev–Trinajstić information content (AvgIpc) is 2.49. The summed E-state index contributed by atoms with van der Waals surface area (Å²) in [6, 6.07) is 14.0. The number of para-hydroxylation sites is 1. The quantitative estimate of drug-likeness (QED) is 0.678. The van der Waals surface area contributed by atoms with E-state index in [1.165, 1.54) is 7.11 Å². The van der Waals surface area contributed by atoms with Gasteiger partial charge in [-0.2, -0.15) is 0 Å². The van der Waals surface area contributed by atoms with Crippen LogP contribution in [0.3, 0.4) is 0 Å². The molecule has 2 aromatic carbocycles. The number of phenolic OH excluding ortho intramolecular Hbond substituents is 1. The standard InChI is InChI=1S/C16H15ClO3/c1-20-14-9-5-8-12(16(14)19)10-13(17)15(18)11-6-3-2-4-7-11/h2-9,13,19H,10H2,1H3. The average molecular weight is 291 g/mol. The number of ketones is 1. The van der Waals surface area contributed by atoms with Gasteiger partial charge in [0, 0.05) is 5.56 Å². The minimum Gasteiger partial charge on any atom is -0.504 e. The zero-order valence-electron chi connectivity index (χ0n) is 11.0. The summed E-state index contributed by atoms with van der Waals surface area (Å²) < 4.78 is 5.03. The van der Waals surface area contributed by atoms with Crippen LogP contribution in [-0.4, -0.2) is 23.4 Å². The number of aromatic hydroxyl groups is 1. The molecule has 0 aliphatic carbocycles. The van der Waals surface area contributed by atoms with E-state index in [9.17, 15) is 9.90 Å². The van der Waals surface area contributed by atoms with Crippen LogP contribution in [0.25, 0.3) is 0 Å². The minimum absolute atomic E-state index is 0.0292. The third-order valence-corrected chi connectivity index (χ3v) is 3.40. The van der Waals surface area contributed by atoms with Crippen molar-refractivity contribution >= 4 is 17.4 Å². The fraction of sp³-hybridized carbons (Fsp3) is 0.188. The molecule has 104 valence electrons. The Kier molecular flexibility index (Phi) is 4.64. The topological polar surface area (TPSA) is 46.5 Å². The fourth-order valence-corrected chi connectivity index (χ4v) is 2.26. The van der Waals surface area contributed by atoms with Crippen molar-refractivity contribution in [2.45, 2.75) is 11.8 Å². The number of rotatable bonds is 5. The van der Waals surface area contributed by atoms with E-state index in [2.05, 4.69) is 0 Å². The van der Waals surface area contributed by atoms with E-state index in [0.717, 1.165) is 0 Å². The van der Waals surface area contributed by atoms with E-state index in [1.807, 2.05) is 6.07 Å². The lowest BCUT2D eigenvalue weighted by Gasteiger charge is -2.12. The monoisotopic (exact) mass is 290 g/mol. The summed E-state index contributed by atoms with van der Waals surface area (Å²) in [5, 5.41) is 9.27. The number of alkyl halides is 1. The van der Waals surface area contributed by atoms with Crippen LogP contribution >= 0.6 is 11.6 Å². The van der Waals surface area contributed by atoms with Crippen molar-refractivity contribution in [1.82, 2.24) is 0 Å². The Hall–Kier alpha value is -2.00. The maximum Gasteiger partial charge on any atom is 0.180 e. The molecule has 0 saturated heterocycles. The smallest absolute Gasteiger partial charge is 0.180 e. The number of halogens is 1. The highest BCUT2D eigenvalue weighted by Gasteiger charge is 2.20. The van der Waals surface area contributed by atoms with Gasteiger partial charge in [0.1, 0.15) is 5.38 Å². The van der Waals surface area contributed by atoms with Crippen molar-refractivity contribution in [3.63, 3.8) is 0 Å². The molecule has 0 fully saturated rings. The lowest BCUT2D eigenvalue weighted by atomic mass is 10.0. The Labute approximate surface area is 122 Å². The van der Waals surface area contributed by atoms with Crippen molar-refractivity contribution in [2.24, 2.45) is 0 Å². The van der Waals surface area contributed by atoms with Crippen LogP contribution in [0.15, 0.2) is 48.5 Å². The molecule has 1 unspecified atom stereocenters. The molecule has 0 amide bonds. The molecule has 0 heterocycles. The van der Waals surface area contributed by atoms with Crippen LogP contribution in [0.4, 0.5) is 0 Å². The summed E-state index contributed by atoms with van der Waals surface area (Å²) in [7, 11) is 1.48. The fourth-order valence-electron chi connectivity index (χ4n) is 1.97. The van der Waals surface area contributed by atoms with Crippen molar-refractivity contribution < 1.29 is 14.6 Å². The molecule has 4 heteroatoms. The highest BCUT2D eigenvalue weighted by Crippen LogP contribution is 2.31. The molecule has 1 N–H and O–H groups in total. The van der Waals surface area contributed by atoms with E-state index < -0.39 is 5.38 Å². The Morgan fingerprint density at radius 1 is 1.20 bits per heavy atom. The van der Waals surface area contributed by atoms with Crippen LogP contribution in [0, 0.1) is 0 Å². The molecular formula is C16H15ClO3. The van der Waals surface area contributed by atoms with Crippen LogP contribution in [0.1, 0.15) is 15.9 Å². The van der Waals surface area contributed by atoms with Gasteiger partial charge < -0.3 is 9.84 Å². The normalized spacial score (nSPS) is 11.9. The van der Waals surface area contributed by atoms with E-state index in [0.29, 0.717) is 16.9 Å². The molecule has 0 aromatic heterocycles. The molecule has 1 atom stereocenters. The predicted molar refractivity (Wildman–Crippen MR) is 78.8 cm³/mol. The third kappa shape index (κ3) is 3.11. The second-order valence-electron chi connectivity index (χ2n) is 4.37. The van der Waals surface area contributed by atoms with E-state index in [1.54, 1.807) is 42.5 Å². The first-order valence-corrected chi connectivity index (χ1v) is 6.65. The van der Waals surface area contributed by atoms with Gasteiger partial charge in [-0.1, -0.05) is 42.5 Å². The van der Waals surface area contributed by atoms with Gasteiger partial charge in [0.2, 0.25) is 0 Å². The van der Waals surface area contributed by atoms with Gasteiger partial charge in [0.05, 0.1) is 7.11 Å². The number of hydrogen-bond donors (Lipinski definition) is 1. The Bertz CT molecular complexity index is 596. The number of benzene rings is 2. The van der Waals surface area contributed by atoms with Gasteiger partial charge in [0.25, 0.3) is 0 Å². The van der Waals surface area contributed by atoms with Gasteiger partial charge in [-0.3, -0.25) is 4.79 Å². The maximum atomic E-state index is 12.2. The van der Waals surface area contributed by atoms with Gasteiger partial charge in [-0.15, -0.1) is 11.6 Å². The molecule has 0 aliphatic heterocycles. The zero-order chi connectivity index (χ0) is 14.5. The molecule has 20 heavy (non-hydrogen) atoms. The van der Waals surface area contributed by atoms with Crippen molar-refractivity contribution in [2.75, 3.05) is 7.11 Å². The highest BCUT2D eigenvalue weighted by atomic mass is 35.5. The SMILES string of the molecule is COc1cccc(CC(Cl)C(=O)c2ccccc2)c1O. The summed E-state index contributed by atoms with van der Waals surface area (Å²) in [6.45, 7) is 0. The van der Waals surface area contributed by atoms with Crippen molar-refractivity contribution in [3.05, 3.63) is 59.7 Å². The number of carbonyl (C=O) groups excluding carboxylic acids is 1. The molecular weight excluding hydrogens is 276 g/mol. The number of Topliss-reactive ketones (excluding diaryl/α,β-unsaturated/α-hetero) is 1. The number of methoxy groups -OCH3 is 1. The van der Waals surface area contributed by atoms with Gasteiger partial charge in [-0.05, 0) is 18.1 Å². The molecule has 0 saturated carbocycles. The Morgan fingerprint density at radius 2 is 1.90 bits per heavy atom. The summed E-state index contributed by atoms with van der Waals surface area (Å²) in [4.78, 5) is 12.2. The first-order valence-electron chi connectivity index (χ1n) is 6.21. The predicted octanol–water partition coefficient (Wildman–Crippen LogP) is 3.43. The van der Waals surface area contributed by atoms with E-state index in [4.69, 9.17) is 16.3 Å². The highest BCUT2D eigenvalue weighted by molar-refractivity contribution is 6.34. The Balaban J connectivity index is 2.16. The molecule has 2 rings (SSSR count). The lowest BCUT2D eigenvalue weighted by Crippen LogP contribution is -2.17.